The highest BCUT2D eigenvalue weighted by molar-refractivity contribution is 5.58. The first kappa shape index (κ1) is 14.2. The van der Waals surface area contributed by atoms with Gasteiger partial charge in [-0.1, -0.05) is 0 Å². The number of nitrogens with zero attached hydrogens (tertiary/aromatic N) is 6. The maximum absolute atomic E-state index is 9.52. The lowest BCUT2D eigenvalue weighted by molar-refractivity contribution is 0.447. The van der Waals surface area contributed by atoms with E-state index in [9.17, 15) is 5.26 Å². The van der Waals surface area contributed by atoms with Gasteiger partial charge >= 0.3 is 0 Å². The van der Waals surface area contributed by atoms with E-state index in [0.717, 1.165) is 35.3 Å². The number of nitriles is 1. The van der Waals surface area contributed by atoms with Gasteiger partial charge in [-0.2, -0.15) is 5.26 Å². The van der Waals surface area contributed by atoms with Crippen LogP contribution in [0.25, 0.3) is 0 Å². The number of aromatic nitrogens is 4. The minimum atomic E-state index is 0.290. The zero-order valence-electron chi connectivity index (χ0n) is 13.7. The first-order valence-corrected chi connectivity index (χ1v) is 8.15. The molecule has 0 amide bonds. The van der Waals surface area contributed by atoms with Crippen molar-refractivity contribution < 1.29 is 0 Å². The molecule has 118 valence electrons. The second-order valence-electron chi connectivity index (χ2n) is 6.74. The second kappa shape index (κ2) is 5.05. The Hall–Kier alpha value is -2.42. The van der Waals surface area contributed by atoms with E-state index in [4.69, 9.17) is 0 Å². The lowest BCUT2D eigenvalue weighted by Gasteiger charge is -2.34. The first-order chi connectivity index (χ1) is 11.1. The summed E-state index contributed by atoms with van der Waals surface area (Å²) in [5.41, 5.74) is 2.58. The minimum absolute atomic E-state index is 0.290. The van der Waals surface area contributed by atoms with Crippen LogP contribution in [0.2, 0.25) is 0 Å². The zero-order valence-corrected chi connectivity index (χ0v) is 13.7. The number of fused-ring (bicyclic) bond motifs is 1. The molecule has 6 heteroatoms. The molecule has 6 nitrogen and oxygen atoms in total. The fraction of sp³-hybridized carbons (Fsp3) is 0.529. The molecular weight excluding hydrogens is 288 g/mol. The van der Waals surface area contributed by atoms with Crippen molar-refractivity contribution in [1.29, 1.82) is 5.26 Å². The molecule has 1 fully saturated rings. The van der Waals surface area contributed by atoms with Crippen molar-refractivity contribution in [3.8, 4) is 6.07 Å². The molecule has 0 radical (unpaired) electrons. The fourth-order valence-corrected chi connectivity index (χ4v) is 3.53. The van der Waals surface area contributed by atoms with Crippen molar-refractivity contribution in [2.45, 2.75) is 52.1 Å². The van der Waals surface area contributed by atoms with Gasteiger partial charge in [0, 0.05) is 18.2 Å². The molecule has 2 aromatic heterocycles. The fourth-order valence-electron chi connectivity index (χ4n) is 3.53. The molecule has 2 aromatic rings. The summed E-state index contributed by atoms with van der Waals surface area (Å²) in [5.74, 6) is 3.50. The summed E-state index contributed by atoms with van der Waals surface area (Å²) < 4.78 is 2.29. The molecule has 1 aliphatic carbocycles. The van der Waals surface area contributed by atoms with Crippen molar-refractivity contribution in [2.24, 2.45) is 0 Å². The highest BCUT2D eigenvalue weighted by Gasteiger charge is 2.35. The van der Waals surface area contributed by atoms with E-state index < -0.39 is 0 Å². The smallest absolute Gasteiger partial charge is 0.152 e. The average Bonchev–Trinajstić information content (AvgIpc) is 3.26. The van der Waals surface area contributed by atoms with Gasteiger partial charge in [0.15, 0.2) is 5.82 Å². The first-order valence-electron chi connectivity index (χ1n) is 8.15. The summed E-state index contributed by atoms with van der Waals surface area (Å²) in [6.07, 6.45) is 2.46. The van der Waals surface area contributed by atoms with E-state index >= 15 is 0 Å². The summed E-state index contributed by atoms with van der Waals surface area (Å²) >= 11 is 0. The Labute approximate surface area is 135 Å². The predicted octanol–water partition coefficient (Wildman–Crippen LogP) is 2.62. The van der Waals surface area contributed by atoms with Gasteiger partial charge in [-0.25, -0.2) is 4.98 Å². The van der Waals surface area contributed by atoms with Gasteiger partial charge in [-0.3, -0.25) is 0 Å². The summed E-state index contributed by atoms with van der Waals surface area (Å²) in [6, 6.07) is 4.57. The number of aryl methyl sites for hydroxylation is 2. The Morgan fingerprint density at radius 1 is 1.26 bits per heavy atom. The van der Waals surface area contributed by atoms with Crippen molar-refractivity contribution in [2.75, 3.05) is 11.4 Å². The summed E-state index contributed by atoms with van der Waals surface area (Å²) in [5, 5.41) is 18.3. The molecule has 1 saturated carbocycles. The Balaban J connectivity index is 1.74. The number of hydrogen-bond acceptors (Lipinski definition) is 5. The molecular formula is C17H20N6. The largest absolute Gasteiger partial charge is 0.346 e. The van der Waals surface area contributed by atoms with Crippen LogP contribution >= 0.6 is 0 Å². The van der Waals surface area contributed by atoms with E-state index in [0.29, 0.717) is 24.1 Å². The zero-order chi connectivity index (χ0) is 16.1. The van der Waals surface area contributed by atoms with Gasteiger partial charge in [-0.05, 0) is 45.2 Å². The predicted molar refractivity (Wildman–Crippen MR) is 86.2 cm³/mol. The van der Waals surface area contributed by atoms with Gasteiger partial charge in [0.25, 0.3) is 0 Å². The third-order valence-corrected chi connectivity index (χ3v) is 4.73. The van der Waals surface area contributed by atoms with Crippen molar-refractivity contribution in [3.63, 3.8) is 0 Å². The van der Waals surface area contributed by atoms with Crippen LogP contribution in [0.15, 0.2) is 6.07 Å². The molecule has 3 heterocycles. The van der Waals surface area contributed by atoms with Gasteiger partial charge in [-0.15, -0.1) is 10.2 Å². The minimum Gasteiger partial charge on any atom is -0.346 e. The average molecular weight is 308 g/mol. The molecule has 0 saturated heterocycles. The molecule has 0 spiro atoms. The summed E-state index contributed by atoms with van der Waals surface area (Å²) in [7, 11) is 0. The van der Waals surface area contributed by atoms with Gasteiger partial charge in [0.2, 0.25) is 0 Å². The second-order valence-corrected chi connectivity index (χ2v) is 6.74. The standard InChI is InChI=1S/C17H20N6/c1-10-6-11(2)19-17(14(10)7-18)22-8-12(3)23-15(9-22)20-21-16(23)13-4-5-13/h6,12-13H,4-5,8-9H2,1-3H3/t12-/m0/s1. The van der Waals surface area contributed by atoms with Crippen LogP contribution < -0.4 is 4.90 Å². The molecule has 4 rings (SSSR count). The van der Waals surface area contributed by atoms with E-state index in [1.807, 2.05) is 19.9 Å². The van der Waals surface area contributed by atoms with Crippen LogP contribution in [-0.2, 0) is 6.54 Å². The van der Waals surface area contributed by atoms with Crippen LogP contribution in [-0.4, -0.2) is 26.3 Å². The molecule has 0 unspecified atom stereocenters. The molecule has 1 atom stereocenters. The summed E-state index contributed by atoms with van der Waals surface area (Å²) in [4.78, 5) is 6.81. The Morgan fingerprint density at radius 3 is 2.74 bits per heavy atom. The number of rotatable bonds is 2. The third kappa shape index (κ3) is 2.27. The normalized spacial score (nSPS) is 20.3. The highest BCUT2D eigenvalue weighted by atomic mass is 15.4. The highest BCUT2D eigenvalue weighted by Crippen LogP contribution is 2.41. The lowest BCUT2D eigenvalue weighted by Crippen LogP contribution is -2.38. The number of hydrogen-bond donors (Lipinski definition) is 0. The van der Waals surface area contributed by atoms with Gasteiger partial charge in [0.1, 0.15) is 17.7 Å². The molecule has 2 aliphatic rings. The van der Waals surface area contributed by atoms with Crippen molar-refractivity contribution in [1.82, 2.24) is 19.7 Å². The Kier molecular flexibility index (Phi) is 3.12. The van der Waals surface area contributed by atoms with E-state index in [1.54, 1.807) is 0 Å². The third-order valence-electron chi connectivity index (χ3n) is 4.73. The van der Waals surface area contributed by atoms with E-state index in [-0.39, 0.29) is 0 Å². The maximum Gasteiger partial charge on any atom is 0.152 e. The van der Waals surface area contributed by atoms with E-state index in [2.05, 4.69) is 37.6 Å². The van der Waals surface area contributed by atoms with Crippen LogP contribution in [0.1, 0.15) is 60.2 Å². The van der Waals surface area contributed by atoms with Gasteiger partial charge in [0.05, 0.1) is 18.2 Å². The van der Waals surface area contributed by atoms with Crippen LogP contribution in [0.4, 0.5) is 5.82 Å². The van der Waals surface area contributed by atoms with Crippen molar-refractivity contribution >= 4 is 5.82 Å². The van der Waals surface area contributed by atoms with Crippen molar-refractivity contribution in [3.05, 3.63) is 34.5 Å². The topological polar surface area (TPSA) is 70.6 Å². The molecule has 0 bridgehead atoms. The van der Waals surface area contributed by atoms with Crippen LogP contribution in [0.3, 0.4) is 0 Å². The monoisotopic (exact) mass is 308 g/mol. The van der Waals surface area contributed by atoms with Gasteiger partial charge < -0.3 is 9.47 Å². The van der Waals surface area contributed by atoms with E-state index in [1.165, 1.54) is 12.8 Å². The number of pyridine rings is 1. The molecule has 0 aromatic carbocycles. The van der Waals surface area contributed by atoms with Crippen LogP contribution in [0, 0.1) is 25.2 Å². The molecule has 0 N–H and O–H groups in total. The maximum atomic E-state index is 9.52. The molecule has 23 heavy (non-hydrogen) atoms. The Morgan fingerprint density at radius 2 is 2.04 bits per heavy atom. The SMILES string of the molecule is Cc1cc(C)c(C#N)c(N2Cc3nnc(C4CC4)n3[C@@H](C)C2)n1. The summed E-state index contributed by atoms with van der Waals surface area (Å²) in [6.45, 7) is 7.63. The lowest BCUT2D eigenvalue weighted by atomic mass is 10.1. The number of anilines is 1. The quantitative estimate of drug-likeness (QED) is 0.853. The Bertz CT molecular complexity index is 811. The molecule has 1 aliphatic heterocycles. The van der Waals surface area contributed by atoms with Crippen LogP contribution in [0.5, 0.6) is 0 Å².